The molecule has 2 fully saturated rings. The van der Waals surface area contributed by atoms with Crippen LogP contribution in [-0.4, -0.2) is 11.9 Å². The molecule has 0 heterocycles. The first-order valence-electron chi connectivity index (χ1n) is 8.96. The molecule has 3 aliphatic carbocycles. The molecule has 4 rings (SSSR count). The Balaban J connectivity index is 1.43. The van der Waals surface area contributed by atoms with Gasteiger partial charge in [0.2, 0.25) is 5.91 Å². The molecule has 0 aromatic heterocycles. The van der Waals surface area contributed by atoms with Crippen LogP contribution in [0, 0.1) is 17.8 Å². The van der Waals surface area contributed by atoms with E-state index < -0.39 is 0 Å². The molecule has 0 radical (unpaired) electrons. The number of amides is 1. The van der Waals surface area contributed by atoms with Crippen LogP contribution in [0.1, 0.15) is 55.7 Å². The second-order valence-electron chi connectivity index (χ2n) is 7.64. The molecule has 3 atom stereocenters. The Bertz CT molecular complexity index is 603. The van der Waals surface area contributed by atoms with Crippen molar-refractivity contribution in [2.45, 2.75) is 57.0 Å². The Morgan fingerprint density at radius 3 is 2.65 bits per heavy atom. The Labute approximate surface area is 143 Å². The van der Waals surface area contributed by atoms with Gasteiger partial charge in [-0.15, -0.1) is 0 Å². The highest BCUT2D eigenvalue weighted by atomic mass is 35.5. The summed E-state index contributed by atoms with van der Waals surface area (Å²) < 4.78 is 0. The number of aryl methyl sites for hydroxylation is 1. The van der Waals surface area contributed by atoms with Crippen LogP contribution in [-0.2, 0) is 11.2 Å². The van der Waals surface area contributed by atoms with Crippen molar-refractivity contribution in [3.05, 3.63) is 34.3 Å². The maximum absolute atomic E-state index is 12.8. The summed E-state index contributed by atoms with van der Waals surface area (Å²) in [5.41, 5.74) is 8.87. The van der Waals surface area contributed by atoms with E-state index >= 15 is 0 Å². The van der Waals surface area contributed by atoms with Gasteiger partial charge in [0, 0.05) is 17.0 Å². The molecule has 3 aliphatic rings. The number of halogens is 1. The minimum absolute atomic E-state index is 0.154. The maximum Gasteiger partial charge on any atom is 0.223 e. The van der Waals surface area contributed by atoms with Gasteiger partial charge in [0.25, 0.3) is 0 Å². The number of rotatable bonds is 2. The second-order valence-corrected chi connectivity index (χ2v) is 8.08. The Hall–Kier alpha value is -1.06. The number of hydrogen-bond acceptors (Lipinski definition) is 2. The molecule has 124 valence electrons. The normalized spacial score (nSPS) is 35.7. The molecule has 3 N–H and O–H groups in total. The predicted octanol–water partition coefficient (Wildman–Crippen LogP) is 3.60. The first-order valence-corrected chi connectivity index (χ1v) is 9.34. The predicted molar refractivity (Wildman–Crippen MR) is 92.2 cm³/mol. The SMILES string of the molecule is NC1C2CCCC1CC(C(=O)NC1CCc3cc(Cl)ccc31)C2. The lowest BCUT2D eigenvalue weighted by Gasteiger charge is -2.43. The maximum atomic E-state index is 12.8. The molecule has 23 heavy (non-hydrogen) atoms. The summed E-state index contributed by atoms with van der Waals surface area (Å²) in [6, 6.07) is 6.51. The summed E-state index contributed by atoms with van der Waals surface area (Å²) in [5, 5.41) is 4.09. The first kappa shape index (κ1) is 15.5. The number of hydrogen-bond donors (Lipinski definition) is 2. The van der Waals surface area contributed by atoms with Gasteiger partial charge in [-0.05, 0) is 73.6 Å². The summed E-state index contributed by atoms with van der Waals surface area (Å²) >= 11 is 6.07. The van der Waals surface area contributed by atoms with Gasteiger partial charge in [0.05, 0.1) is 6.04 Å². The van der Waals surface area contributed by atoms with E-state index in [1.165, 1.54) is 30.4 Å². The quantitative estimate of drug-likeness (QED) is 0.869. The van der Waals surface area contributed by atoms with Crippen molar-refractivity contribution in [3.63, 3.8) is 0 Å². The van der Waals surface area contributed by atoms with Crippen LogP contribution in [0.5, 0.6) is 0 Å². The van der Waals surface area contributed by atoms with Crippen LogP contribution in [0.25, 0.3) is 0 Å². The molecule has 3 nitrogen and oxygen atoms in total. The number of nitrogens with one attached hydrogen (secondary N) is 1. The van der Waals surface area contributed by atoms with E-state index in [2.05, 4.69) is 11.4 Å². The molecule has 0 spiro atoms. The van der Waals surface area contributed by atoms with Gasteiger partial charge in [-0.1, -0.05) is 24.1 Å². The van der Waals surface area contributed by atoms with Crippen molar-refractivity contribution in [2.24, 2.45) is 23.5 Å². The summed E-state index contributed by atoms with van der Waals surface area (Å²) in [4.78, 5) is 12.8. The van der Waals surface area contributed by atoms with Crippen molar-refractivity contribution in [1.29, 1.82) is 0 Å². The molecule has 1 aromatic carbocycles. The van der Waals surface area contributed by atoms with E-state index in [9.17, 15) is 4.79 Å². The largest absolute Gasteiger partial charge is 0.349 e. The fourth-order valence-corrected chi connectivity index (χ4v) is 5.22. The van der Waals surface area contributed by atoms with Crippen molar-refractivity contribution < 1.29 is 4.79 Å². The Kier molecular flexibility index (Phi) is 4.10. The van der Waals surface area contributed by atoms with Gasteiger partial charge in [-0.2, -0.15) is 0 Å². The Morgan fingerprint density at radius 2 is 1.91 bits per heavy atom. The fourth-order valence-electron chi connectivity index (χ4n) is 5.03. The molecule has 2 saturated carbocycles. The third-order valence-electron chi connectivity index (χ3n) is 6.28. The number of fused-ring (bicyclic) bond motifs is 3. The van der Waals surface area contributed by atoms with E-state index in [1.807, 2.05) is 12.1 Å². The molecular weight excluding hydrogens is 308 g/mol. The van der Waals surface area contributed by atoms with Crippen molar-refractivity contribution in [1.82, 2.24) is 5.32 Å². The standard InChI is InChI=1S/C19H25ClN2O/c20-15-5-6-16-11(10-15)4-7-17(16)22-19(23)14-8-12-2-1-3-13(9-14)18(12)21/h5-6,10,12-14,17-18H,1-4,7-9,21H2,(H,22,23). The molecule has 3 unspecified atom stereocenters. The van der Waals surface area contributed by atoms with E-state index in [0.29, 0.717) is 17.9 Å². The van der Waals surface area contributed by atoms with Crippen molar-refractivity contribution in [2.75, 3.05) is 0 Å². The van der Waals surface area contributed by atoms with Gasteiger partial charge in [0.15, 0.2) is 0 Å². The average Bonchev–Trinajstić information content (AvgIpc) is 2.89. The zero-order valence-electron chi connectivity index (χ0n) is 13.4. The minimum Gasteiger partial charge on any atom is -0.349 e. The number of carbonyl (C=O) groups is 1. The van der Waals surface area contributed by atoms with Crippen LogP contribution in [0.2, 0.25) is 5.02 Å². The van der Waals surface area contributed by atoms with E-state index in [4.69, 9.17) is 17.3 Å². The van der Waals surface area contributed by atoms with Crippen molar-refractivity contribution in [3.8, 4) is 0 Å². The second kappa shape index (κ2) is 6.10. The zero-order chi connectivity index (χ0) is 16.0. The first-order chi connectivity index (χ1) is 11.1. The van der Waals surface area contributed by atoms with Crippen LogP contribution in [0.15, 0.2) is 18.2 Å². The van der Waals surface area contributed by atoms with Gasteiger partial charge >= 0.3 is 0 Å². The van der Waals surface area contributed by atoms with E-state index in [1.54, 1.807) is 0 Å². The zero-order valence-corrected chi connectivity index (χ0v) is 14.2. The van der Waals surface area contributed by atoms with E-state index in [0.717, 1.165) is 30.7 Å². The summed E-state index contributed by atoms with van der Waals surface area (Å²) in [6.07, 6.45) is 7.63. The lowest BCUT2D eigenvalue weighted by atomic mass is 9.65. The summed E-state index contributed by atoms with van der Waals surface area (Å²) in [6.45, 7) is 0. The van der Waals surface area contributed by atoms with E-state index in [-0.39, 0.29) is 17.9 Å². The molecule has 2 bridgehead atoms. The molecule has 4 heteroatoms. The lowest BCUT2D eigenvalue weighted by molar-refractivity contribution is -0.128. The number of carbonyl (C=O) groups excluding carboxylic acids is 1. The minimum atomic E-state index is 0.154. The molecular formula is C19H25ClN2O. The molecule has 1 aromatic rings. The van der Waals surface area contributed by atoms with Crippen LogP contribution < -0.4 is 11.1 Å². The smallest absolute Gasteiger partial charge is 0.223 e. The highest BCUT2D eigenvalue weighted by Gasteiger charge is 2.41. The Morgan fingerprint density at radius 1 is 1.17 bits per heavy atom. The topological polar surface area (TPSA) is 55.1 Å². The van der Waals surface area contributed by atoms with Gasteiger partial charge in [-0.25, -0.2) is 0 Å². The third kappa shape index (κ3) is 2.89. The molecule has 0 saturated heterocycles. The number of benzene rings is 1. The lowest BCUT2D eigenvalue weighted by Crippen LogP contribution is -2.49. The monoisotopic (exact) mass is 332 g/mol. The van der Waals surface area contributed by atoms with Crippen LogP contribution in [0.4, 0.5) is 0 Å². The molecule has 1 amide bonds. The summed E-state index contributed by atoms with van der Waals surface area (Å²) in [7, 11) is 0. The van der Waals surface area contributed by atoms with Gasteiger partial charge in [-0.3, -0.25) is 4.79 Å². The highest BCUT2D eigenvalue weighted by molar-refractivity contribution is 6.30. The van der Waals surface area contributed by atoms with Crippen LogP contribution in [0.3, 0.4) is 0 Å². The highest BCUT2D eigenvalue weighted by Crippen LogP contribution is 2.42. The average molecular weight is 333 g/mol. The van der Waals surface area contributed by atoms with Gasteiger partial charge in [0.1, 0.15) is 0 Å². The summed E-state index contributed by atoms with van der Waals surface area (Å²) in [5.74, 6) is 1.49. The van der Waals surface area contributed by atoms with Gasteiger partial charge < -0.3 is 11.1 Å². The molecule has 0 aliphatic heterocycles. The van der Waals surface area contributed by atoms with Crippen molar-refractivity contribution >= 4 is 17.5 Å². The fraction of sp³-hybridized carbons (Fsp3) is 0.632. The number of nitrogens with two attached hydrogens (primary N) is 1. The third-order valence-corrected chi connectivity index (χ3v) is 6.52. The van der Waals surface area contributed by atoms with Crippen LogP contribution >= 0.6 is 11.6 Å².